The Kier molecular flexibility index (Phi) is 6.83. The van der Waals surface area contributed by atoms with Crippen molar-refractivity contribution >= 4 is 29.9 Å². The predicted molar refractivity (Wildman–Crippen MR) is 103 cm³/mol. The van der Waals surface area contributed by atoms with Gasteiger partial charge in [-0.05, 0) is 55.6 Å². The van der Waals surface area contributed by atoms with Gasteiger partial charge in [-0.15, -0.1) is 12.4 Å². The molecule has 26 heavy (non-hydrogen) atoms. The van der Waals surface area contributed by atoms with Crippen LogP contribution in [0.25, 0.3) is 0 Å². The van der Waals surface area contributed by atoms with Gasteiger partial charge in [0.2, 0.25) is 0 Å². The number of amides is 2. The standard InChI is InChI=1S/C19H23N3O3.ClH/c1-12-5-6-14(18(23)22-16-11-20-8-7-13(16)2)10-15(12)21-19(24)17-4-3-9-25-17;/h3-6,9-10,13,16,20H,7-8,11H2,1-2H3,(H,21,24)(H,22,23);1H. The quantitative estimate of drug-likeness (QED) is 0.764. The van der Waals surface area contributed by atoms with Crippen molar-refractivity contribution in [1.82, 2.24) is 10.6 Å². The third-order valence-electron chi connectivity index (χ3n) is 4.64. The molecule has 1 aromatic carbocycles. The molecule has 6 nitrogen and oxygen atoms in total. The number of nitrogens with one attached hydrogen (secondary N) is 3. The van der Waals surface area contributed by atoms with Crippen molar-refractivity contribution < 1.29 is 14.0 Å². The Labute approximate surface area is 159 Å². The van der Waals surface area contributed by atoms with E-state index in [0.29, 0.717) is 17.2 Å². The van der Waals surface area contributed by atoms with Gasteiger partial charge in [0.15, 0.2) is 5.76 Å². The van der Waals surface area contributed by atoms with E-state index in [1.165, 1.54) is 6.26 Å². The maximum atomic E-state index is 12.6. The number of benzene rings is 1. The normalized spacial score (nSPS) is 19.3. The summed E-state index contributed by atoms with van der Waals surface area (Å²) in [5.74, 6) is 0.204. The van der Waals surface area contributed by atoms with Gasteiger partial charge >= 0.3 is 0 Å². The maximum absolute atomic E-state index is 12.6. The predicted octanol–water partition coefficient (Wildman–Crippen LogP) is 2.99. The van der Waals surface area contributed by atoms with Crippen molar-refractivity contribution in [3.63, 3.8) is 0 Å². The summed E-state index contributed by atoms with van der Waals surface area (Å²) in [6.45, 7) is 5.80. The molecule has 0 aliphatic carbocycles. The summed E-state index contributed by atoms with van der Waals surface area (Å²) in [5, 5.41) is 9.18. The molecule has 140 valence electrons. The number of anilines is 1. The van der Waals surface area contributed by atoms with Crippen LogP contribution in [0.3, 0.4) is 0 Å². The molecule has 0 bridgehead atoms. The van der Waals surface area contributed by atoms with Gasteiger partial charge in [-0.25, -0.2) is 0 Å². The van der Waals surface area contributed by atoms with E-state index < -0.39 is 0 Å². The molecule has 0 radical (unpaired) electrons. The Morgan fingerprint density at radius 1 is 1.23 bits per heavy atom. The fourth-order valence-corrected chi connectivity index (χ4v) is 2.92. The van der Waals surface area contributed by atoms with Crippen LogP contribution in [-0.4, -0.2) is 30.9 Å². The topological polar surface area (TPSA) is 83.4 Å². The Balaban J connectivity index is 0.00000243. The van der Waals surface area contributed by atoms with Gasteiger partial charge in [0, 0.05) is 23.8 Å². The number of halogens is 1. The molecule has 1 aliphatic heterocycles. The van der Waals surface area contributed by atoms with Crippen molar-refractivity contribution in [3.8, 4) is 0 Å². The van der Waals surface area contributed by atoms with E-state index in [0.717, 1.165) is 25.1 Å². The summed E-state index contributed by atoms with van der Waals surface area (Å²) < 4.78 is 5.10. The molecule has 1 saturated heterocycles. The maximum Gasteiger partial charge on any atom is 0.291 e. The van der Waals surface area contributed by atoms with Crippen molar-refractivity contribution in [2.75, 3.05) is 18.4 Å². The van der Waals surface area contributed by atoms with Crippen LogP contribution >= 0.6 is 12.4 Å². The average molecular weight is 378 g/mol. The monoisotopic (exact) mass is 377 g/mol. The van der Waals surface area contributed by atoms with Crippen LogP contribution in [0.4, 0.5) is 5.69 Å². The second kappa shape index (κ2) is 8.87. The zero-order valence-electron chi connectivity index (χ0n) is 14.9. The van der Waals surface area contributed by atoms with Crippen LogP contribution < -0.4 is 16.0 Å². The van der Waals surface area contributed by atoms with Crippen molar-refractivity contribution in [1.29, 1.82) is 0 Å². The van der Waals surface area contributed by atoms with E-state index in [1.54, 1.807) is 24.3 Å². The summed E-state index contributed by atoms with van der Waals surface area (Å²) in [7, 11) is 0. The highest BCUT2D eigenvalue weighted by Gasteiger charge is 2.23. The molecule has 0 spiro atoms. The molecule has 1 aromatic heterocycles. The van der Waals surface area contributed by atoms with Gasteiger partial charge in [-0.3, -0.25) is 9.59 Å². The van der Waals surface area contributed by atoms with E-state index in [1.807, 2.05) is 13.0 Å². The summed E-state index contributed by atoms with van der Waals surface area (Å²) in [4.78, 5) is 24.7. The highest BCUT2D eigenvalue weighted by Crippen LogP contribution is 2.19. The molecule has 7 heteroatoms. The number of rotatable bonds is 4. The number of carbonyl (C=O) groups excluding carboxylic acids is 2. The Hall–Kier alpha value is -2.31. The second-order valence-electron chi connectivity index (χ2n) is 6.51. The third kappa shape index (κ3) is 4.65. The SMILES string of the molecule is Cc1ccc(C(=O)NC2CNCCC2C)cc1NC(=O)c1ccco1.Cl. The van der Waals surface area contributed by atoms with Crippen LogP contribution in [0, 0.1) is 12.8 Å². The van der Waals surface area contributed by atoms with Crippen molar-refractivity contribution in [2.24, 2.45) is 5.92 Å². The average Bonchev–Trinajstić information content (AvgIpc) is 3.13. The van der Waals surface area contributed by atoms with E-state index in [-0.39, 0.29) is 36.0 Å². The minimum Gasteiger partial charge on any atom is -0.459 e. The van der Waals surface area contributed by atoms with Gasteiger partial charge in [-0.2, -0.15) is 0 Å². The first-order chi connectivity index (χ1) is 12.0. The third-order valence-corrected chi connectivity index (χ3v) is 4.64. The zero-order valence-corrected chi connectivity index (χ0v) is 15.7. The molecule has 1 fully saturated rings. The molecule has 2 heterocycles. The minimum atomic E-state index is -0.337. The number of hydrogen-bond donors (Lipinski definition) is 3. The highest BCUT2D eigenvalue weighted by atomic mass is 35.5. The fourth-order valence-electron chi connectivity index (χ4n) is 2.92. The number of furan rings is 1. The van der Waals surface area contributed by atoms with Gasteiger partial charge < -0.3 is 20.4 Å². The van der Waals surface area contributed by atoms with Gasteiger partial charge in [0.1, 0.15) is 0 Å². The van der Waals surface area contributed by atoms with E-state index in [9.17, 15) is 9.59 Å². The summed E-state index contributed by atoms with van der Waals surface area (Å²) in [6, 6.07) is 8.67. The first kappa shape index (κ1) is 20.0. The highest BCUT2D eigenvalue weighted by molar-refractivity contribution is 6.04. The van der Waals surface area contributed by atoms with E-state index >= 15 is 0 Å². The van der Waals surface area contributed by atoms with Crippen LogP contribution in [0.15, 0.2) is 41.0 Å². The van der Waals surface area contributed by atoms with Crippen LogP contribution in [-0.2, 0) is 0 Å². The lowest BCUT2D eigenvalue weighted by Gasteiger charge is -2.30. The summed E-state index contributed by atoms with van der Waals surface area (Å²) >= 11 is 0. The molecule has 1 aliphatic rings. The van der Waals surface area contributed by atoms with Crippen LogP contribution in [0.5, 0.6) is 0 Å². The van der Waals surface area contributed by atoms with Crippen LogP contribution in [0.2, 0.25) is 0 Å². The summed E-state index contributed by atoms with van der Waals surface area (Å²) in [6.07, 6.45) is 2.49. The molecule has 3 N–H and O–H groups in total. The number of piperidine rings is 1. The molecule has 2 amide bonds. The molecule has 2 aromatic rings. The lowest BCUT2D eigenvalue weighted by molar-refractivity contribution is 0.0914. The van der Waals surface area contributed by atoms with E-state index in [2.05, 4.69) is 22.9 Å². The summed E-state index contributed by atoms with van der Waals surface area (Å²) in [5.41, 5.74) is 2.01. The second-order valence-corrected chi connectivity index (χ2v) is 6.51. The smallest absolute Gasteiger partial charge is 0.291 e. The first-order valence-corrected chi connectivity index (χ1v) is 8.51. The number of carbonyl (C=O) groups is 2. The van der Waals surface area contributed by atoms with Crippen molar-refractivity contribution in [2.45, 2.75) is 26.3 Å². The lowest BCUT2D eigenvalue weighted by Crippen LogP contribution is -2.50. The minimum absolute atomic E-state index is 0. The Morgan fingerprint density at radius 2 is 2.04 bits per heavy atom. The molecule has 0 saturated carbocycles. The zero-order chi connectivity index (χ0) is 17.8. The molecule has 3 rings (SSSR count). The first-order valence-electron chi connectivity index (χ1n) is 8.51. The molecular formula is C19H24ClN3O3. The van der Waals surface area contributed by atoms with Gasteiger partial charge in [-0.1, -0.05) is 13.0 Å². The molecule has 2 atom stereocenters. The number of aryl methyl sites for hydroxylation is 1. The fraction of sp³-hybridized carbons (Fsp3) is 0.368. The Bertz CT molecular complexity index is 761. The molecule has 2 unspecified atom stereocenters. The number of hydrogen-bond acceptors (Lipinski definition) is 4. The van der Waals surface area contributed by atoms with Crippen LogP contribution in [0.1, 0.15) is 39.8 Å². The van der Waals surface area contributed by atoms with Gasteiger partial charge in [0.05, 0.1) is 6.26 Å². The molecular weight excluding hydrogens is 354 g/mol. The largest absolute Gasteiger partial charge is 0.459 e. The van der Waals surface area contributed by atoms with Crippen molar-refractivity contribution in [3.05, 3.63) is 53.5 Å². The van der Waals surface area contributed by atoms with Gasteiger partial charge in [0.25, 0.3) is 11.8 Å². The Morgan fingerprint density at radius 3 is 2.73 bits per heavy atom. The lowest BCUT2D eigenvalue weighted by atomic mass is 9.94. The van der Waals surface area contributed by atoms with E-state index in [4.69, 9.17) is 4.42 Å².